The van der Waals surface area contributed by atoms with Crippen LogP contribution in [0.1, 0.15) is 11.1 Å². The predicted molar refractivity (Wildman–Crippen MR) is 105 cm³/mol. The lowest BCUT2D eigenvalue weighted by Crippen LogP contribution is -2.40. The minimum Gasteiger partial charge on any atom is -0.379 e. The van der Waals surface area contributed by atoms with Crippen LogP contribution in [0.15, 0.2) is 57.9 Å². The summed E-state index contributed by atoms with van der Waals surface area (Å²) in [6, 6.07) is 15.4. The average molecular weight is 439 g/mol. The maximum atomic E-state index is 12.8. The zero-order valence-corrected chi connectivity index (χ0v) is 17.2. The van der Waals surface area contributed by atoms with Crippen LogP contribution in [0.4, 0.5) is 0 Å². The number of halogens is 1. The SMILES string of the molecule is CN(Cc1cccc(S(=O)(=O)N2CCOCC2)c1)Cc1ccccc1Br. The Labute approximate surface area is 163 Å². The van der Waals surface area contributed by atoms with E-state index < -0.39 is 10.0 Å². The molecule has 0 aromatic heterocycles. The summed E-state index contributed by atoms with van der Waals surface area (Å²) >= 11 is 3.57. The molecule has 0 spiro atoms. The highest BCUT2D eigenvalue weighted by molar-refractivity contribution is 9.10. The van der Waals surface area contributed by atoms with Gasteiger partial charge in [0.25, 0.3) is 0 Å². The monoisotopic (exact) mass is 438 g/mol. The number of benzene rings is 2. The molecule has 1 aliphatic rings. The van der Waals surface area contributed by atoms with Gasteiger partial charge >= 0.3 is 0 Å². The van der Waals surface area contributed by atoms with Gasteiger partial charge in [-0.05, 0) is 36.4 Å². The van der Waals surface area contributed by atoms with E-state index in [0.29, 0.717) is 37.7 Å². The Morgan fingerprint density at radius 2 is 1.81 bits per heavy atom. The largest absolute Gasteiger partial charge is 0.379 e. The molecule has 140 valence electrons. The Balaban J connectivity index is 1.72. The van der Waals surface area contributed by atoms with Gasteiger partial charge in [0.05, 0.1) is 18.1 Å². The molecule has 7 heteroatoms. The number of rotatable bonds is 6. The zero-order chi connectivity index (χ0) is 18.6. The molecule has 0 amide bonds. The average Bonchev–Trinajstić information content (AvgIpc) is 2.64. The van der Waals surface area contributed by atoms with Crippen molar-refractivity contribution in [2.75, 3.05) is 33.4 Å². The molecule has 0 bridgehead atoms. The van der Waals surface area contributed by atoms with E-state index in [0.717, 1.165) is 16.6 Å². The number of hydrogen-bond acceptors (Lipinski definition) is 4. The van der Waals surface area contributed by atoms with E-state index in [1.54, 1.807) is 12.1 Å². The Morgan fingerprint density at radius 3 is 2.54 bits per heavy atom. The van der Waals surface area contributed by atoms with Gasteiger partial charge < -0.3 is 4.74 Å². The van der Waals surface area contributed by atoms with Crippen LogP contribution < -0.4 is 0 Å². The fourth-order valence-corrected chi connectivity index (χ4v) is 4.91. The van der Waals surface area contributed by atoms with Crippen molar-refractivity contribution in [2.45, 2.75) is 18.0 Å². The number of hydrogen-bond donors (Lipinski definition) is 0. The topological polar surface area (TPSA) is 49.9 Å². The van der Waals surface area contributed by atoms with Gasteiger partial charge in [-0.1, -0.05) is 46.3 Å². The summed E-state index contributed by atoms with van der Waals surface area (Å²) in [5, 5.41) is 0. The normalized spacial score (nSPS) is 16.1. The molecule has 0 unspecified atom stereocenters. The molecule has 0 atom stereocenters. The van der Waals surface area contributed by atoms with Crippen molar-refractivity contribution in [1.29, 1.82) is 0 Å². The van der Waals surface area contributed by atoms with E-state index in [4.69, 9.17) is 4.74 Å². The summed E-state index contributed by atoms with van der Waals surface area (Å²) in [6.07, 6.45) is 0. The molecule has 1 heterocycles. The molecule has 0 N–H and O–H groups in total. The van der Waals surface area contributed by atoms with E-state index in [1.165, 1.54) is 9.87 Å². The summed E-state index contributed by atoms with van der Waals surface area (Å²) in [6.45, 7) is 3.18. The van der Waals surface area contributed by atoms with Gasteiger partial charge in [-0.2, -0.15) is 4.31 Å². The lowest BCUT2D eigenvalue weighted by Gasteiger charge is -2.26. The first-order chi connectivity index (χ1) is 12.5. The third kappa shape index (κ3) is 4.72. The molecule has 1 fully saturated rings. The van der Waals surface area contributed by atoms with Gasteiger partial charge in [0.1, 0.15) is 0 Å². The van der Waals surface area contributed by atoms with Gasteiger partial charge in [0.2, 0.25) is 10.0 Å². The van der Waals surface area contributed by atoms with Crippen LogP contribution in [-0.4, -0.2) is 51.0 Å². The van der Waals surface area contributed by atoms with Crippen molar-refractivity contribution in [3.05, 3.63) is 64.1 Å². The number of nitrogens with zero attached hydrogens (tertiary/aromatic N) is 2. The van der Waals surface area contributed by atoms with Crippen molar-refractivity contribution in [3.8, 4) is 0 Å². The Morgan fingerprint density at radius 1 is 1.08 bits per heavy atom. The number of morpholine rings is 1. The molecule has 0 saturated carbocycles. The van der Waals surface area contributed by atoms with Crippen molar-refractivity contribution < 1.29 is 13.2 Å². The van der Waals surface area contributed by atoms with Crippen LogP contribution in [0.5, 0.6) is 0 Å². The summed E-state index contributed by atoms with van der Waals surface area (Å²) in [5.74, 6) is 0. The Bertz CT molecular complexity index is 851. The molecular weight excluding hydrogens is 416 g/mol. The maximum absolute atomic E-state index is 12.8. The van der Waals surface area contributed by atoms with E-state index >= 15 is 0 Å². The molecule has 1 aliphatic heterocycles. The van der Waals surface area contributed by atoms with E-state index in [9.17, 15) is 8.42 Å². The van der Waals surface area contributed by atoms with Gasteiger partial charge in [-0.25, -0.2) is 8.42 Å². The third-order valence-corrected chi connectivity index (χ3v) is 7.03. The van der Waals surface area contributed by atoms with E-state index in [2.05, 4.69) is 26.9 Å². The molecule has 0 radical (unpaired) electrons. The molecule has 3 rings (SSSR count). The Kier molecular flexibility index (Phi) is 6.47. The van der Waals surface area contributed by atoms with Gasteiger partial charge in [-0.3, -0.25) is 4.90 Å². The fraction of sp³-hybridized carbons (Fsp3) is 0.368. The van der Waals surface area contributed by atoms with Crippen molar-refractivity contribution in [1.82, 2.24) is 9.21 Å². The summed E-state index contributed by atoms with van der Waals surface area (Å²) in [7, 11) is -1.43. The van der Waals surface area contributed by atoms with Crippen molar-refractivity contribution in [3.63, 3.8) is 0 Å². The molecule has 5 nitrogen and oxygen atoms in total. The minimum absolute atomic E-state index is 0.353. The second-order valence-corrected chi connectivity index (χ2v) is 9.22. The first-order valence-electron chi connectivity index (χ1n) is 8.55. The highest BCUT2D eigenvalue weighted by Crippen LogP contribution is 2.21. The van der Waals surface area contributed by atoms with Crippen molar-refractivity contribution in [2.24, 2.45) is 0 Å². The predicted octanol–water partition coefficient (Wildman–Crippen LogP) is 3.10. The van der Waals surface area contributed by atoms with Crippen LogP contribution in [0.3, 0.4) is 0 Å². The highest BCUT2D eigenvalue weighted by atomic mass is 79.9. The quantitative estimate of drug-likeness (QED) is 0.694. The first kappa shape index (κ1) is 19.5. The van der Waals surface area contributed by atoms with Crippen LogP contribution >= 0.6 is 15.9 Å². The van der Waals surface area contributed by atoms with E-state index in [-0.39, 0.29) is 0 Å². The lowest BCUT2D eigenvalue weighted by molar-refractivity contribution is 0.0730. The lowest BCUT2D eigenvalue weighted by atomic mass is 10.2. The molecule has 2 aromatic carbocycles. The highest BCUT2D eigenvalue weighted by Gasteiger charge is 2.26. The smallest absolute Gasteiger partial charge is 0.243 e. The molecular formula is C19H23BrN2O3S. The molecule has 2 aromatic rings. The summed E-state index contributed by atoms with van der Waals surface area (Å²) in [5.41, 5.74) is 2.18. The molecule has 1 saturated heterocycles. The van der Waals surface area contributed by atoms with Gasteiger partial charge in [-0.15, -0.1) is 0 Å². The van der Waals surface area contributed by atoms with Crippen LogP contribution in [0.2, 0.25) is 0 Å². The van der Waals surface area contributed by atoms with Crippen LogP contribution in [0.25, 0.3) is 0 Å². The maximum Gasteiger partial charge on any atom is 0.243 e. The fourth-order valence-electron chi connectivity index (χ4n) is 3.03. The van der Waals surface area contributed by atoms with Gasteiger partial charge in [0, 0.05) is 30.7 Å². The zero-order valence-electron chi connectivity index (χ0n) is 14.8. The first-order valence-corrected chi connectivity index (χ1v) is 10.8. The van der Waals surface area contributed by atoms with Crippen LogP contribution in [-0.2, 0) is 27.8 Å². The standard InChI is InChI=1S/C19H23BrN2O3S/c1-21(15-17-6-2-3-8-19(17)20)14-16-5-4-7-18(13-16)26(23,24)22-9-11-25-12-10-22/h2-8,13H,9-12,14-15H2,1H3. The van der Waals surface area contributed by atoms with Crippen molar-refractivity contribution >= 4 is 26.0 Å². The summed E-state index contributed by atoms with van der Waals surface area (Å²) < 4.78 is 33.5. The number of sulfonamides is 1. The van der Waals surface area contributed by atoms with Crippen LogP contribution in [0, 0.1) is 0 Å². The van der Waals surface area contributed by atoms with E-state index in [1.807, 2.05) is 37.4 Å². The second-order valence-electron chi connectivity index (χ2n) is 6.43. The second kappa shape index (κ2) is 8.63. The molecule has 0 aliphatic carbocycles. The Hall–Kier alpha value is -1.25. The summed E-state index contributed by atoms with van der Waals surface area (Å²) in [4.78, 5) is 2.52. The van der Waals surface area contributed by atoms with Gasteiger partial charge in [0.15, 0.2) is 0 Å². The molecule has 26 heavy (non-hydrogen) atoms. The minimum atomic E-state index is -3.46. The third-order valence-electron chi connectivity index (χ3n) is 4.36. The number of ether oxygens (including phenoxy) is 1.